The average Bonchev–Trinajstić information content (AvgIpc) is 2.35. The van der Waals surface area contributed by atoms with Crippen LogP contribution >= 0.6 is 0 Å². The van der Waals surface area contributed by atoms with Gasteiger partial charge < -0.3 is 10.1 Å². The lowest BCUT2D eigenvalue weighted by Gasteiger charge is -2.26. The Hall–Kier alpha value is -1.02. The molecular formula is C16H27NO. The molecule has 0 heterocycles. The van der Waals surface area contributed by atoms with Gasteiger partial charge in [0.25, 0.3) is 0 Å². The van der Waals surface area contributed by atoms with Gasteiger partial charge in [0.1, 0.15) is 5.75 Å². The van der Waals surface area contributed by atoms with Crippen LogP contribution < -0.4 is 10.1 Å². The standard InChI is InChI=1S/C16H27NO/c1-7-13(8-2)15(17-5)14-9-11(3)16(18-6)12(4)10-14/h9-10,13,15,17H,7-8H2,1-6H3. The fourth-order valence-corrected chi connectivity index (χ4v) is 2.92. The molecule has 1 unspecified atom stereocenters. The van der Waals surface area contributed by atoms with Crippen LogP contribution in [0.15, 0.2) is 12.1 Å². The molecule has 102 valence electrons. The largest absolute Gasteiger partial charge is 0.496 e. The van der Waals surface area contributed by atoms with E-state index < -0.39 is 0 Å². The van der Waals surface area contributed by atoms with E-state index in [-0.39, 0.29) is 0 Å². The third-order valence-electron chi connectivity index (χ3n) is 3.88. The first-order valence-electron chi connectivity index (χ1n) is 6.91. The highest BCUT2D eigenvalue weighted by Crippen LogP contribution is 2.32. The Morgan fingerprint density at radius 3 is 1.94 bits per heavy atom. The maximum absolute atomic E-state index is 5.44. The minimum Gasteiger partial charge on any atom is -0.496 e. The SMILES string of the molecule is CCC(CC)C(NC)c1cc(C)c(OC)c(C)c1. The summed E-state index contributed by atoms with van der Waals surface area (Å²) in [6, 6.07) is 4.94. The normalized spacial score (nSPS) is 12.8. The van der Waals surface area contributed by atoms with Gasteiger partial charge in [-0.3, -0.25) is 0 Å². The van der Waals surface area contributed by atoms with Gasteiger partial charge in [-0.15, -0.1) is 0 Å². The van der Waals surface area contributed by atoms with E-state index in [4.69, 9.17) is 4.74 Å². The van der Waals surface area contributed by atoms with Crippen LogP contribution in [-0.2, 0) is 0 Å². The molecule has 0 bridgehead atoms. The Bertz CT molecular complexity index is 360. The number of methoxy groups -OCH3 is 1. The van der Waals surface area contributed by atoms with Crippen molar-refractivity contribution < 1.29 is 4.74 Å². The number of hydrogen-bond donors (Lipinski definition) is 1. The smallest absolute Gasteiger partial charge is 0.124 e. The average molecular weight is 249 g/mol. The summed E-state index contributed by atoms with van der Waals surface area (Å²) in [5.74, 6) is 1.69. The molecule has 0 saturated heterocycles. The van der Waals surface area contributed by atoms with E-state index in [0.717, 1.165) is 5.75 Å². The van der Waals surface area contributed by atoms with Crippen molar-refractivity contribution in [3.8, 4) is 5.75 Å². The van der Waals surface area contributed by atoms with Crippen molar-refractivity contribution in [2.75, 3.05) is 14.2 Å². The van der Waals surface area contributed by atoms with Gasteiger partial charge in [-0.05, 0) is 43.5 Å². The van der Waals surface area contributed by atoms with Gasteiger partial charge in [0, 0.05) is 6.04 Å². The van der Waals surface area contributed by atoms with Crippen molar-refractivity contribution in [1.29, 1.82) is 0 Å². The van der Waals surface area contributed by atoms with Crippen LogP contribution in [0.5, 0.6) is 5.75 Å². The van der Waals surface area contributed by atoms with E-state index in [1.807, 2.05) is 0 Å². The highest BCUT2D eigenvalue weighted by atomic mass is 16.5. The molecule has 0 radical (unpaired) electrons. The van der Waals surface area contributed by atoms with E-state index in [9.17, 15) is 0 Å². The van der Waals surface area contributed by atoms with Crippen molar-refractivity contribution in [2.24, 2.45) is 5.92 Å². The van der Waals surface area contributed by atoms with Crippen LogP contribution in [0.4, 0.5) is 0 Å². The van der Waals surface area contributed by atoms with Crippen molar-refractivity contribution in [3.05, 3.63) is 28.8 Å². The molecule has 1 aromatic carbocycles. The predicted octanol–water partition coefficient (Wildman–Crippen LogP) is 4.01. The summed E-state index contributed by atoms with van der Waals surface area (Å²) < 4.78 is 5.44. The Balaban J connectivity index is 3.15. The molecule has 0 spiro atoms. The maximum Gasteiger partial charge on any atom is 0.124 e. The van der Waals surface area contributed by atoms with Crippen LogP contribution in [0.25, 0.3) is 0 Å². The predicted molar refractivity (Wildman–Crippen MR) is 78.3 cm³/mol. The zero-order chi connectivity index (χ0) is 13.7. The zero-order valence-electron chi connectivity index (χ0n) is 12.6. The molecule has 0 amide bonds. The van der Waals surface area contributed by atoms with Gasteiger partial charge in [-0.2, -0.15) is 0 Å². The van der Waals surface area contributed by atoms with Crippen LogP contribution in [0, 0.1) is 19.8 Å². The van der Waals surface area contributed by atoms with Crippen LogP contribution in [0.2, 0.25) is 0 Å². The van der Waals surface area contributed by atoms with E-state index in [1.165, 1.54) is 29.5 Å². The highest BCUT2D eigenvalue weighted by Gasteiger charge is 2.20. The summed E-state index contributed by atoms with van der Waals surface area (Å²) in [6.45, 7) is 8.77. The summed E-state index contributed by atoms with van der Waals surface area (Å²) in [6.07, 6.45) is 2.40. The fourth-order valence-electron chi connectivity index (χ4n) is 2.92. The number of hydrogen-bond acceptors (Lipinski definition) is 2. The van der Waals surface area contributed by atoms with E-state index in [0.29, 0.717) is 12.0 Å². The van der Waals surface area contributed by atoms with Crippen molar-refractivity contribution in [3.63, 3.8) is 0 Å². The molecule has 0 aliphatic carbocycles. The Morgan fingerprint density at radius 1 is 1.11 bits per heavy atom. The summed E-state index contributed by atoms with van der Waals surface area (Å²) >= 11 is 0. The molecule has 18 heavy (non-hydrogen) atoms. The highest BCUT2D eigenvalue weighted by molar-refractivity contribution is 5.44. The first-order chi connectivity index (χ1) is 8.58. The lowest BCUT2D eigenvalue weighted by molar-refractivity contribution is 0.358. The number of ether oxygens (including phenoxy) is 1. The van der Waals surface area contributed by atoms with Crippen molar-refractivity contribution >= 4 is 0 Å². The molecule has 1 rings (SSSR count). The molecule has 0 aliphatic rings. The summed E-state index contributed by atoms with van der Waals surface area (Å²) in [4.78, 5) is 0. The molecule has 1 aromatic rings. The monoisotopic (exact) mass is 249 g/mol. The number of benzene rings is 1. The third-order valence-corrected chi connectivity index (χ3v) is 3.88. The molecule has 1 N–H and O–H groups in total. The Labute approximate surface area is 112 Å². The second kappa shape index (κ2) is 6.79. The van der Waals surface area contributed by atoms with Crippen LogP contribution in [-0.4, -0.2) is 14.2 Å². The van der Waals surface area contributed by atoms with Crippen LogP contribution in [0.3, 0.4) is 0 Å². The van der Waals surface area contributed by atoms with Crippen molar-refractivity contribution in [2.45, 2.75) is 46.6 Å². The topological polar surface area (TPSA) is 21.3 Å². The molecule has 2 heteroatoms. The summed E-state index contributed by atoms with van der Waals surface area (Å²) in [5.41, 5.74) is 3.82. The van der Waals surface area contributed by atoms with Gasteiger partial charge >= 0.3 is 0 Å². The molecule has 2 nitrogen and oxygen atoms in total. The molecule has 0 fully saturated rings. The second-order valence-electron chi connectivity index (χ2n) is 5.03. The van der Waals surface area contributed by atoms with E-state index in [2.05, 4.69) is 52.2 Å². The number of nitrogens with one attached hydrogen (secondary N) is 1. The Kier molecular flexibility index (Phi) is 5.67. The lowest BCUT2D eigenvalue weighted by atomic mass is 9.87. The maximum atomic E-state index is 5.44. The fraction of sp³-hybridized carbons (Fsp3) is 0.625. The van der Waals surface area contributed by atoms with Gasteiger partial charge in [0.05, 0.1) is 7.11 Å². The lowest BCUT2D eigenvalue weighted by Crippen LogP contribution is -2.24. The molecule has 1 atom stereocenters. The van der Waals surface area contributed by atoms with Gasteiger partial charge in [-0.1, -0.05) is 38.8 Å². The quantitative estimate of drug-likeness (QED) is 0.822. The van der Waals surface area contributed by atoms with E-state index >= 15 is 0 Å². The minimum absolute atomic E-state index is 0.434. The molecule has 0 aliphatic heterocycles. The summed E-state index contributed by atoms with van der Waals surface area (Å²) in [5, 5.41) is 3.47. The summed E-state index contributed by atoms with van der Waals surface area (Å²) in [7, 11) is 3.79. The second-order valence-corrected chi connectivity index (χ2v) is 5.03. The Morgan fingerprint density at radius 2 is 1.61 bits per heavy atom. The molecule has 0 aromatic heterocycles. The number of aryl methyl sites for hydroxylation is 2. The first-order valence-corrected chi connectivity index (χ1v) is 6.91. The minimum atomic E-state index is 0.434. The molecular weight excluding hydrogens is 222 g/mol. The van der Waals surface area contributed by atoms with Crippen molar-refractivity contribution in [1.82, 2.24) is 5.32 Å². The first kappa shape index (κ1) is 15.0. The third kappa shape index (κ3) is 3.05. The number of rotatable bonds is 6. The van der Waals surface area contributed by atoms with E-state index in [1.54, 1.807) is 7.11 Å². The zero-order valence-corrected chi connectivity index (χ0v) is 12.6. The van der Waals surface area contributed by atoms with Gasteiger partial charge in [0.2, 0.25) is 0 Å². The van der Waals surface area contributed by atoms with Gasteiger partial charge in [0.15, 0.2) is 0 Å². The van der Waals surface area contributed by atoms with Gasteiger partial charge in [-0.25, -0.2) is 0 Å². The van der Waals surface area contributed by atoms with Crippen LogP contribution in [0.1, 0.15) is 49.4 Å². The molecule has 0 saturated carbocycles.